The summed E-state index contributed by atoms with van der Waals surface area (Å²) in [6, 6.07) is 70.9. The highest BCUT2D eigenvalue weighted by Crippen LogP contribution is 2.40. The van der Waals surface area contributed by atoms with E-state index in [9.17, 15) is 0 Å². The van der Waals surface area contributed by atoms with E-state index in [4.69, 9.17) is 15.0 Å². The van der Waals surface area contributed by atoms with Crippen molar-refractivity contribution in [2.45, 2.75) is 0 Å². The van der Waals surface area contributed by atoms with Crippen LogP contribution >= 0.6 is 0 Å². The van der Waals surface area contributed by atoms with E-state index in [1.807, 2.05) is 36.5 Å². The fourth-order valence-corrected chi connectivity index (χ4v) is 9.58. The fourth-order valence-electron chi connectivity index (χ4n) is 9.58. The number of para-hydroxylation sites is 3. The Morgan fingerprint density at radius 3 is 1.57 bits per heavy atom. The summed E-state index contributed by atoms with van der Waals surface area (Å²) in [4.78, 5) is 19.5. The Balaban J connectivity index is 0.966. The minimum Gasteiger partial charge on any atom is -0.309 e. The SMILES string of the molecule is c1ccc(-c2cc(-n3c4ccccc4c4cc(-c5ccc6c(c5)c5ccccc5n6-c5ccc6c(c5)c5ncncc5n6-c5ccccc5)ccc43)nc(-c3ccccc3)n2)cc1. The zero-order valence-corrected chi connectivity index (χ0v) is 33.8. The molecule has 13 rings (SSSR count). The molecule has 0 spiro atoms. The van der Waals surface area contributed by atoms with Crippen LogP contribution in [0.3, 0.4) is 0 Å². The first kappa shape index (κ1) is 35.1. The highest BCUT2D eigenvalue weighted by Gasteiger charge is 2.20. The highest BCUT2D eigenvalue weighted by molar-refractivity contribution is 6.13. The summed E-state index contributed by atoms with van der Waals surface area (Å²) in [5, 5.41) is 5.82. The van der Waals surface area contributed by atoms with Crippen molar-refractivity contribution >= 4 is 65.5 Å². The summed E-state index contributed by atoms with van der Waals surface area (Å²) in [6.07, 6.45) is 3.55. The summed E-state index contributed by atoms with van der Waals surface area (Å²) < 4.78 is 6.91. The molecule has 294 valence electrons. The van der Waals surface area contributed by atoms with Gasteiger partial charge in [0.15, 0.2) is 5.82 Å². The Labute approximate surface area is 361 Å². The second-order valence-corrected chi connectivity index (χ2v) is 16.0. The van der Waals surface area contributed by atoms with Gasteiger partial charge in [-0.25, -0.2) is 19.9 Å². The van der Waals surface area contributed by atoms with E-state index in [1.54, 1.807) is 6.33 Å². The number of fused-ring (bicyclic) bond motifs is 9. The summed E-state index contributed by atoms with van der Waals surface area (Å²) in [5.74, 6) is 1.51. The third-order valence-electron chi connectivity index (χ3n) is 12.4. The topological polar surface area (TPSA) is 66.3 Å². The molecule has 5 heterocycles. The summed E-state index contributed by atoms with van der Waals surface area (Å²) in [5.41, 5.74) is 14.8. The van der Waals surface area contributed by atoms with Gasteiger partial charge >= 0.3 is 0 Å². The maximum Gasteiger partial charge on any atom is 0.162 e. The van der Waals surface area contributed by atoms with Crippen molar-refractivity contribution in [1.82, 2.24) is 33.6 Å². The Bertz CT molecular complexity index is 3840. The predicted octanol–water partition coefficient (Wildman–Crippen LogP) is 13.6. The lowest BCUT2D eigenvalue weighted by Crippen LogP contribution is -2.02. The van der Waals surface area contributed by atoms with Crippen LogP contribution in [0, 0.1) is 0 Å². The molecule has 0 fully saturated rings. The van der Waals surface area contributed by atoms with Crippen LogP contribution in [0.1, 0.15) is 0 Å². The number of hydrogen-bond acceptors (Lipinski definition) is 4. The van der Waals surface area contributed by atoms with Gasteiger partial charge in [0.25, 0.3) is 0 Å². The second-order valence-electron chi connectivity index (χ2n) is 16.0. The molecule has 0 radical (unpaired) electrons. The summed E-state index contributed by atoms with van der Waals surface area (Å²) in [6.45, 7) is 0. The van der Waals surface area contributed by atoms with Gasteiger partial charge in [-0.3, -0.25) is 4.57 Å². The van der Waals surface area contributed by atoms with E-state index in [-0.39, 0.29) is 0 Å². The van der Waals surface area contributed by atoms with Crippen molar-refractivity contribution in [3.05, 3.63) is 213 Å². The first-order valence-electron chi connectivity index (χ1n) is 21.1. The van der Waals surface area contributed by atoms with Gasteiger partial charge in [-0.15, -0.1) is 0 Å². The minimum absolute atomic E-state index is 0.690. The molecule has 0 aliphatic carbocycles. The van der Waals surface area contributed by atoms with Crippen molar-refractivity contribution < 1.29 is 0 Å². The molecule has 0 saturated carbocycles. The molecule has 7 heteroatoms. The molecular formula is C56H35N7. The average molecular weight is 806 g/mol. The molecule has 0 atom stereocenters. The first-order valence-corrected chi connectivity index (χ1v) is 21.1. The summed E-state index contributed by atoms with van der Waals surface area (Å²) >= 11 is 0. The number of benzene rings is 8. The van der Waals surface area contributed by atoms with E-state index < -0.39 is 0 Å². The molecule has 0 N–H and O–H groups in total. The summed E-state index contributed by atoms with van der Waals surface area (Å²) in [7, 11) is 0. The van der Waals surface area contributed by atoms with Crippen LogP contribution in [-0.2, 0) is 0 Å². The highest BCUT2D eigenvalue weighted by atomic mass is 15.1. The molecule has 7 nitrogen and oxygen atoms in total. The molecule has 0 bridgehead atoms. The standard InChI is InChI=1S/C56H35N7/c1-4-14-36(15-5-1)47-33-54(60-56(59-47)37-16-6-2-7-17-37)63-49-23-13-11-21-43(49)45-31-39(25-28-51(45)63)38-24-27-50-44(30-38)42-20-10-12-22-48(42)62(50)41-26-29-52-46(32-41)55-53(34-57-35-58-55)61(52)40-18-8-3-9-19-40/h1-35H. The second kappa shape index (κ2) is 13.9. The molecule has 0 aliphatic heterocycles. The van der Waals surface area contributed by atoms with Crippen molar-refractivity contribution in [3.8, 4) is 51.0 Å². The van der Waals surface area contributed by atoms with Crippen LogP contribution in [0.5, 0.6) is 0 Å². The van der Waals surface area contributed by atoms with E-state index in [0.717, 1.165) is 89.1 Å². The molecule has 63 heavy (non-hydrogen) atoms. The molecule has 0 saturated heterocycles. The third-order valence-corrected chi connectivity index (χ3v) is 12.4. The molecule has 8 aromatic carbocycles. The van der Waals surface area contributed by atoms with Gasteiger partial charge in [0, 0.05) is 55.5 Å². The number of rotatable bonds is 6. The molecule has 13 aromatic rings. The number of hydrogen-bond donors (Lipinski definition) is 0. The normalized spacial score (nSPS) is 11.8. The van der Waals surface area contributed by atoms with Gasteiger partial charge in [0.2, 0.25) is 0 Å². The Morgan fingerprint density at radius 2 is 0.873 bits per heavy atom. The van der Waals surface area contributed by atoms with E-state index >= 15 is 0 Å². The van der Waals surface area contributed by atoms with Gasteiger partial charge in [0.05, 0.1) is 50.5 Å². The van der Waals surface area contributed by atoms with Crippen molar-refractivity contribution in [2.75, 3.05) is 0 Å². The van der Waals surface area contributed by atoms with Gasteiger partial charge in [-0.05, 0) is 77.9 Å². The molecular weight excluding hydrogens is 771 g/mol. The van der Waals surface area contributed by atoms with E-state index in [1.165, 1.54) is 21.5 Å². The smallest absolute Gasteiger partial charge is 0.162 e. The fraction of sp³-hybridized carbons (Fsp3) is 0. The van der Waals surface area contributed by atoms with Gasteiger partial charge < -0.3 is 9.13 Å². The largest absolute Gasteiger partial charge is 0.309 e. The molecule has 0 aliphatic rings. The van der Waals surface area contributed by atoms with Crippen LogP contribution in [-0.4, -0.2) is 33.6 Å². The van der Waals surface area contributed by atoms with Crippen molar-refractivity contribution in [1.29, 1.82) is 0 Å². The average Bonchev–Trinajstić information content (AvgIpc) is 3.99. The number of nitrogens with zero attached hydrogens (tertiary/aromatic N) is 7. The van der Waals surface area contributed by atoms with Crippen molar-refractivity contribution in [2.24, 2.45) is 0 Å². The van der Waals surface area contributed by atoms with Crippen LogP contribution < -0.4 is 0 Å². The Kier molecular flexibility index (Phi) is 7.77. The van der Waals surface area contributed by atoms with Gasteiger partial charge in [-0.1, -0.05) is 127 Å². The quantitative estimate of drug-likeness (QED) is 0.168. The Morgan fingerprint density at radius 1 is 0.333 bits per heavy atom. The van der Waals surface area contributed by atoms with Gasteiger partial charge in [0.1, 0.15) is 12.1 Å². The number of aromatic nitrogens is 7. The minimum atomic E-state index is 0.690. The zero-order valence-electron chi connectivity index (χ0n) is 33.8. The first-order chi connectivity index (χ1) is 31.2. The zero-order chi connectivity index (χ0) is 41.4. The van der Waals surface area contributed by atoms with E-state index in [0.29, 0.717) is 5.82 Å². The molecule has 5 aromatic heterocycles. The van der Waals surface area contributed by atoms with Crippen LogP contribution in [0.15, 0.2) is 213 Å². The van der Waals surface area contributed by atoms with Crippen LogP contribution in [0.25, 0.3) is 117 Å². The van der Waals surface area contributed by atoms with Crippen LogP contribution in [0.2, 0.25) is 0 Å². The van der Waals surface area contributed by atoms with Crippen LogP contribution in [0.4, 0.5) is 0 Å². The third kappa shape index (κ3) is 5.53. The molecule has 0 unspecified atom stereocenters. The lowest BCUT2D eigenvalue weighted by molar-refractivity contribution is 1.05. The maximum absolute atomic E-state index is 5.23. The Hall–Kier alpha value is -8.68. The lowest BCUT2D eigenvalue weighted by atomic mass is 10.0. The van der Waals surface area contributed by atoms with Crippen molar-refractivity contribution in [3.63, 3.8) is 0 Å². The molecule has 0 amide bonds. The predicted molar refractivity (Wildman–Crippen MR) is 257 cm³/mol. The van der Waals surface area contributed by atoms with E-state index in [2.05, 4.69) is 189 Å². The monoisotopic (exact) mass is 805 g/mol. The van der Waals surface area contributed by atoms with Gasteiger partial charge in [-0.2, -0.15) is 0 Å². The maximum atomic E-state index is 5.23. The lowest BCUT2D eigenvalue weighted by Gasteiger charge is -2.12.